The van der Waals surface area contributed by atoms with Gasteiger partial charge >= 0.3 is 6.18 Å². The normalized spacial score (nSPS) is 14.5. The van der Waals surface area contributed by atoms with Crippen LogP contribution in [0.15, 0.2) is 96.7 Å². The molecule has 3 aromatic rings. The van der Waals surface area contributed by atoms with Gasteiger partial charge in [-0.1, -0.05) is 62.0 Å². The lowest BCUT2D eigenvalue weighted by atomic mass is 9.97. The molecule has 1 aliphatic carbocycles. The number of allylic oxidation sites excluding steroid dienone is 2. The van der Waals surface area contributed by atoms with Crippen LogP contribution in [0.1, 0.15) is 42.5 Å². The average molecular weight is 538 g/mol. The maximum absolute atomic E-state index is 14.9. The van der Waals surface area contributed by atoms with Gasteiger partial charge in [0.05, 0.1) is 17.3 Å². The number of alkyl halides is 3. The smallest absolute Gasteiger partial charge is 0.351 e. The number of anilines is 2. The highest BCUT2D eigenvalue weighted by molar-refractivity contribution is 6.06. The van der Waals surface area contributed by atoms with Crippen molar-refractivity contribution in [2.24, 2.45) is 5.92 Å². The number of hydrogen-bond acceptors (Lipinski definition) is 3. The van der Waals surface area contributed by atoms with E-state index in [1.165, 1.54) is 12.1 Å². The number of nitrogens with one attached hydrogen (secondary N) is 3. The number of carbonyl (C=O) groups is 1. The molecule has 3 N–H and O–H groups in total. The van der Waals surface area contributed by atoms with Crippen LogP contribution in [0.2, 0.25) is 0 Å². The Bertz CT molecular complexity index is 1350. The number of hydrogen-bond donors (Lipinski definition) is 3. The summed E-state index contributed by atoms with van der Waals surface area (Å²) in [4.78, 5) is 13.2. The van der Waals surface area contributed by atoms with Crippen LogP contribution in [0.4, 0.5) is 28.9 Å². The molecule has 1 fully saturated rings. The van der Waals surface area contributed by atoms with E-state index in [9.17, 15) is 22.4 Å². The van der Waals surface area contributed by atoms with E-state index in [1.807, 2.05) is 43.3 Å². The molecule has 0 bridgehead atoms. The van der Waals surface area contributed by atoms with Crippen molar-refractivity contribution >= 4 is 17.3 Å². The maximum Gasteiger partial charge on any atom is 0.415 e. The largest absolute Gasteiger partial charge is 0.415 e. The van der Waals surface area contributed by atoms with Crippen molar-refractivity contribution < 1.29 is 22.4 Å². The average Bonchev–Trinajstić information content (AvgIpc) is 3.75. The van der Waals surface area contributed by atoms with Gasteiger partial charge in [0.25, 0.3) is 5.91 Å². The number of benzene rings is 3. The molecule has 0 aliphatic heterocycles. The molecule has 0 radical (unpaired) electrons. The van der Waals surface area contributed by atoms with Gasteiger partial charge in [0.2, 0.25) is 0 Å². The lowest BCUT2D eigenvalue weighted by molar-refractivity contribution is -0.112. The summed E-state index contributed by atoms with van der Waals surface area (Å²) in [6.45, 7) is 5.79. The minimum atomic E-state index is -4.74. The highest BCUT2D eigenvalue weighted by Crippen LogP contribution is 2.32. The standard InChI is InChI=1S/C31H31F4N3O/c1-3-21-8-7-11-25(17-21)37-28(16-20(2)31(33,34)35)30(39)38-27-18-24(14-15-26(27)32)29(36-19-22-12-13-22)23-9-5-4-6-10-23/h4-11,14-18,22,29,36-37H,2-3,12-13,19H2,1H3,(H,38,39)/b28-16-. The fraction of sp³-hybridized carbons (Fsp3) is 0.258. The van der Waals surface area contributed by atoms with Crippen molar-refractivity contribution in [1.29, 1.82) is 0 Å². The number of halogens is 4. The zero-order valence-corrected chi connectivity index (χ0v) is 21.6. The Morgan fingerprint density at radius 2 is 1.74 bits per heavy atom. The van der Waals surface area contributed by atoms with Crippen molar-refractivity contribution in [2.75, 3.05) is 17.2 Å². The van der Waals surface area contributed by atoms with Crippen LogP contribution in [0.5, 0.6) is 0 Å². The summed E-state index contributed by atoms with van der Waals surface area (Å²) in [6.07, 6.45) is -1.09. The van der Waals surface area contributed by atoms with Gasteiger partial charge in [-0.15, -0.1) is 0 Å². The first-order chi connectivity index (χ1) is 18.6. The highest BCUT2D eigenvalue weighted by Gasteiger charge is 2.31. The van der Waals surface area contributed by atoms with Gasteiger partial charge in [0, 0.05) is 5.69 Å². The first kappa shape index (κ1) is 28.1. The van der Waals surface area contributed by atoms with Crippen LogP contribution < -0.4 is 16.0 Å². The van der Waals surface area contributed by atoms with E-state index in [4.69, 9.17) is 0 Å². The Hall–Kier alpha value is -3.91. The van der Waals surface area contributed by atoms with Crippen molar-refractivity contribution in [3.63, 3.8) is 0 Å². The lowest BCUT2D eigenvalue weighted by Crippen LogP contribution is -2.25. The summed E-state index contributed by atoms with van der Waals surface area (Å²) in [5.74, 6) is -1.04. The van der Waals surface area contributed by atoms with Crippen molar-refractivity contribution in [3.05, 3.63) is 119 Å². The van der Waals surface area contributed by atoms with Crippen LogP contribution in [0.3, 0.4) is 0 Å². The monoisotopic (exact) mass is 537 g/mol. The molecule has 1 saturated carbocycles. The Balaban J connectivity index is 1.63. The Morgan fingerprint density at radius 3 is 2.41 bits per heavy atom. The van der Waals surface area contributed by atoms with Gasteiger partial charge in [0.1, 0.15) is 11.5 Å². The third-order valence-corrected chi connectivity index (χ3v) is 6.55. The Kier molecular flexibility index (Phi) is 8.86. The van der Waals surface area contributed by atoms with E-state index in [0.717, 1.165) is 30.5 Å². The second kappa shape index (κ2) is 12.3. The number of amides is 1. The van der Waals surface area contributed by atoms with Crippen molar-refractivity contribution in [2.45, 2.75) is 38.4 Å². The van der Waals surface area contributed by atoms with Gasteiger partial charge in [-0.2, -0.15) is 13.2 Å². The van der Waals surface area contributed by atoms with Crippen LogP contribution in [0.25, 0.3) is 0 Å². The third kappa shape index (κ3) is 7.80. The second-order valence-corrected chi connectivity index (χ2v) is 9.65. The zero-order chi connectivity index (χ0) is 28.0. The molecule has 1 amide bonds. The second-order valence-electron chi connectivity index (χ2n) is 9.65. The molecular weight excluding hydrogens is 506 g/mol. The summed E-state index contributed by atoms with van der Waals surface area (Å²) < 4.78 is 54.8. The van der Waals surface area contributed by atoms with Gasteiger partial charge in [-0.25, -0.2) is 4.39 Å². The molecule has 1 aliphatic rings. The van der Waals surface area contributed by atoms with Crippen LogP contribution in [-0.2, 0) is 11.2 Å². The van der Waals surface area contributed by atoms with E-state index < -0.39 is 29.2 Å². The fourth-order valence-electron chi connectivity index (χ4n) is 4.13. The first-order valence-electron chi connectivity index (χ1n) is 12.9. The highest BCUT2D eigenvalue weighted by atomic mass is 19.4. The molecule has 0 spiro atoms. The molecule has 3 aromatic carbocycles. The van der Waals surface area contributed by atoms with Gasteiger partial charge in [0.15, 0.2) is 0 Å². The van der Waals surface area contributed by atoms with Gasteiger partial charge in [-0.3, -0.25) is 4.79 Å². The molecule has 8 heteroatoms. The zero-order valence-electron chi connectivity index (χ0n) is 21.6. The molecule has 4 rings (SSSR count). The molecule has 0 saturated heterocycles. The Morgan fingerprint density at radius 1 is 1.00 bits per heavy atom. The quantitative estimate of drug-likeness (QED) is 0.135. The molecule has 204 valence electrons. The fourth-order valence-corrected chi connectivity index (χ4v) is 4.13. The summed E-state index contributed by atoms with van der Waals surface area (Å²) in [5.41, 5.74) is 1.27. The number of carbonyl (C=O) groups excluding carboxylic acids is 1. The Labute approximate surface area is 225 Å². The summed E-state index contributed by atoms with van der Waals surface area (Å²) >= 11 is 0. The molecule has 4 nitrogen and oxygen atoms in total. The van der Waals surface area contributed by atoms with E-state index >= 15 is 0 Å². The van der Waals surface area contributed by atoms with Gasteiger partial charge < -0.3 is 16.0 Å². The van der Waals surface area contributed by atoms with E-state index in [0.29, 0.717) is 29.7 Å². The summed E-state index contributed by atoms with van der Waals surface area (Å²) in [5, 5.41) is 8.74. The number of aryl methyl sites for hydroxylation is 1. The lowest BCUT2D eigenvalue weighted by Gasteiger charge is -2.21. The SMILES string of the molecule is C=C(/C=C(\Nc1cccc(CC)c1)C(=O)Nc1cc(C(NCC2CC2)c2ccccc2)ccc1F)C(F)(F)F. The first-order valence-corrected chi connectivity index (χ1v) is 12.9. The predicted octanol–water partition coefficient (Wildman–Crippen LogP) is 7.53. The molecule has 1 unspecified atom stereocenters. The third-order valence-electron chi connectivity index (χ3n) is 6.55. The minimum Gasteiger partial charge on any atom is -0.351 e. The van der Waals surface area contributed by atoms with E-state index in [1.54, 1.807) is 24.3 Å². The van der Waals surface area contributed by atoms with Gasteiger partial charge in [-0.05, 0) is 78.8 Å². The van der Waals surface area contributed by atoms with Crippen molar-refractivity contribution in [1.82, 2.24) is 5.32 Å². The summed E-state index contributed by atoms with van der Waals surface area (Å²) in [6, 6.07) is 20.8. The van der Waals surface area contributed by atoms with Crippen LogP contribution in [-0.4, -0.2) is 18.6 Å². The minimum absolute atomic E-state index is 0.140. The molecular formula is C31H31F4N3O. The van der Waals surface area contributed by atoms with Crippen LogP contribution >= 0.6 is 0 Å². The molecule has 0 heterocycles. The topological polar surface area (TPSA) is 53.2 Å². The predicted molar refractivity (Wildman–Crippen MR) is 147 cm³/mol. The van der Waals surface area contributed by atoms with Crippen LogP contribution in [0, 0.1) is 11.7 Å². The molecule has 39 heavy (non-hydrogen) atoms. The maximum atomic E-state index is 14.9. The molecule has 0 aromatic heterocycles. The van der Waals surface area contributed by atoms with Crippen molar-refractivity contribution in [3.8, 4) is 0 Å². The summed E-state index contributed by atoms with van der Waals surface area (Å²) in [7, 11) is 0. The number of rotatable bonds is 11. The van der Waals surface area contributed by atoms with E-state index in [-0.39, 0.29) is 11.7 Å². The molecule has 1 atom stereocenters. The van der Waals surface area contributed by atoms with E-state index in [2.05, 4.69) is 22.5 Å².